The first-order valence-corrected chi connectivity index (χ1v) is 8.42. The second kappa shape index (κ2) is 7.01. The summed E-state index contributed by atoms with van der Waals surface area (Å²) in [4.78, 5) is 6.64. The molecule has 0 atom stereocenters. The normalized spacial score (nSPS) is 10.7. The van der Waals surface area contributed by atoms with Crippen LogP contribution in [0, 0.1) is 0 Å². The molecular weight excluding hydrogens is 350 g/mol. The molecule has 0 spiro atoms. The number of halogens is 1. The van der Waals surface area contributed by atoms with Crippen LogP contribution in [0.3, 0.4) is 0 Å². The molecule has 0 aliphatic heterocycles. The van der Waals surface area contributed by atoms with E-state index < -0.39 is 0 Å². The van der Waals surface area contributed by atoms with E-state index in [1.54, 1.807) is 0 Å². The van der Waals surface area contributed by atoms with E-state index in [-0.39, 0.29) is 0 Å². The van der Waals surface area contributed by atoms with E-state index in [1.807, 2.05) is 18.5 Å². The Balaban J connectivity index is 1.75. The number of hydrogen-bond donors (Lipinski definition) is 0. The van der Waals surface area contributed by atoms with Crippen LogP contribution in [-0.2, 0) is 13.0 Å². The zero-order chi connectivity index (χ0) is 16.2. The fraction of sp³-hybridized carbons (Fsp3) is 0.211. The van der Waals surface area contributed by atoms with Crippen LogP contribution in [0.4, 0.5) is 5.69 Å². The highest BCUT2D eigenvalue weighted by molar-refractivity contribution is 9.10. The molecule has 3 aromatic rings. The van der Waals surface area contributed by atoms with E-state index in [0.29, 0.717) is 0 Å². The van der Waals surface area contributed by atoms with Crippen molar-refractivity contribution in [1.82, 2.24) is 9.55 Å². The first-order valence-electron chi connectivity index (χ1n) is 7.62. The molecule has 0 radical (unpaired) electrons. The molecule has 1 heterocycles. The van der Waals surface area contributed by atoms with Gasteiger partial charge in [-0.15, -0.1) is 0 Å². The Morgan fingerprint density at radius 2 is 1.83 bits per heavy atom. The third kappa shape index (κ3) is 4.02. The fourth-order valence-corrected chi connectivity index (χ4v) is 3.02. The maximum atomic E-state index is 4.53. The lowest BCUT2D eigenvalue weighted by Crippen LogP contribution is -2.08. The molecular formula is C19H20BrN3. The third-order valence-corrected chi connectivity index (χ3v) is 4.35. The molecule has 0 saturated carbocycles. The van der Waals surface area contributed by atoms with Crippen LogP contribution in [-0.4, -0.2) is 23.6 Å². The molecule has 23 heavy (non-hydrogen) atoms. The Kier molecular flexibility index (Phi) is 4.82. The summed E-state index contributed by atoms with van der Waals surface area (Å²) in [5.74, 6) is 1.09. The Morgan fingerprint density at radius 1 is 1.04 bits per heavy atom. The average Bonchev–Trinajstić information content (AvgIpc) is 2.95. The van der Waals surface area contributed by atoms with Gasteiger partial charge in [-0.2, -0.15) is 0 Å². The molecule has 0 amide bonds. The van der Waals surface area contributed by atoms with Crippen LogP contribution in [0.2, 0.25) is 0 Å². The largest absolute Gasteiger partial charge is 0.378 e. The van der Waals surface area contributed by atoms with Crippen molar-refractivity contribution in [3.63, 3.8) is 0 Å². The van der Waals surface area contributed by atoms with Gasteiger partial charge in [0.15, 0.2) is 0 Å². The summed E-state index contributed by atoms with van der Waals surface area (Å²) in [5, 5.41) is 0. The van der Waals surface area contributed by atoms with Gasteiger partial charge in [0, 0.05) is 49.6 Å². The number of benzene rings is 2. The molecule has 3 rings (SSSR count). The minimum atomic E-state index is 0.838. The summed E-state index contributed by atoms with van der Waals surface area (Å²) < 4.78 is 3.32. The highest BCUT2D eigenvalue weighted by atomic mass is 79.9. The Morgan fingerprint density at radius 3 is 2.52 bits per heavy atom. The molecule has 0 unspecified atom stereocenters. The van der Waals surface area contributed by atoms with Crippen molar-refractivity contribution < 1.29 is 0 Å². The number of rotatable bonds is 5. The second-order valence-electron chi connectivity index (χ2n) is 5.84. The van der Waals surface area contributed by atoms with Gasteiger partial charge in [-0.05, 0) is 35.4 Å². The van der Waals surface area contributed by atoms with E-state index in [2.05, 4.69) is 86.9 Å². The number of aromatic nitrogens is 2. The van der Waals surface area contributed by atoms with Gasteiger partial charge >= 0.3 is 0 Å². The van der Waals surface area contributed by atoms with Crippen molar-refractivity contribution in [3.05, 3.63) is 82.3 Å². The molecule has 0 fully saturated rings. The predicted molar refractivity (Wildman–Crippen MR) is 99.0 cm³/mol. The predicted octanol–water partition coefficient (Wildman–Crippen LogP) is 4.35. The molecule has 118 valence electrons. The van der Waals surface area contributed by atoms with Gasteiger partial charge in [-0.3, -0.25) is 0 Å². The molecule has 0 bridgehead atoms. The Hall–Kier alpha value is -2.07. The van der Waals surface area contributed by atoms with Crippen molar-refractivity contribution in [1.29, 1.82) is 0 Å². The molecule has 3 nitrogen and oxygen atoms in total. The lowest BCUT2D eigenvalue weighted by Gasteiger charge is -2.13. The van der Waals surface area contributed by atoms with Crippen LogP contribution in [0.15, 0.2) is 65.4 Å². The topological polar surface area (TPSA) is 21.1 Å². The first kappa shape index (κ1) is 15.8. The van der Waals surface area contributed by atoms with Crippen molar-refractivity contribution in [2.24, 2.45) is 0 Å². The molecule has 0 aliphatic rings. The zero-order valence-corrected chi connectivity index (χ0v) is 15.0. The number of hydrogen-bond acceptors (Lipinski definition) is 2. The van der Waals surface area contributed by atoms with Crippen molar-refractivity contribution in [2.75, 3.05) is 19.0 Å². The first-order chi connectivity index (χ1) is 11.1. The van der Waals surface area contributed by atoms with Gasteiger partial charge in [0.1, 0.15) is 5.82 Å². The van der Waals surface area contributed by atoms with E-state index >= 15 is 0 Å². The van der Waals surface area contributed by atoms with Crippen molar-refractivity contribution >= 4 is 21.6 Å². The molecule has 0 N–H and O–H groups in total. The van der Waals surface area contributed by atoms with Gasteiger partial charge < -0.3 is 9.47 Å². The van der Waals surface area contributed by atoms with Gasteiger partial charge in [0.05, 0.1) is 0 Å². The van der Waals surface area contributed by atoms with E-state index in [1.165, 1.54) is 16.8 Å². The van der Waals surface area contributed by atoms with E-state index in [0.717, 1.165) is 23.3 Å². The SMILES string of the molecule is CN(C)c1ccc(Cc2nccn2Cc2cccc(Br)c2)cc1. The number of imidazole rings is 1. The maximum absolute atomic E-state index is 4.53. The van der Waals surface area contributed by atoms with Crippen LogP contribution in [0.5, 0.6) is 0 Å². The Labute approximate surface area is 145 Å². The van der Waals surface area contributed by atoms with Crippen LogP contribution < -0.4 is 4.90 Å². The highest BCUT2D eigenvalue weighted by Gasteiger charge is 2.06. The molecule has 4 heteroatoms. The quantitative estimate of drug-likeness (QED) is 0.666. The summed E-state index contributed by atoms with van der Waals surface area (Å²) in [5.41, 5.74) is 3.75. The third-order valence-electron chi connectivity index (χ3n) is 3.86. The summed E-state index contributed by atoms with van der Waals surface area (Å²) in [6, 6.07) is 17.0. The van der Waals surface area contributed by atoms with E-state index in [9.17, 15) is 0 Å². The van der Waals surface area contributed by atoms with Crippen LogP contribution in [0.1, 0.15) is 17.0 Å². The Bertz CT molecular complexity index is 775. The maximum Gasteiger partial charge on any atom is 0.113 e. The molecule has 0 aliphatic carbocycles. The van der Waals surface area contributed by atoms with E-state index in [4.69, 9.17) is 0 Å². The monoisotopic (exact) mass is 369 g/mol. The van der Waals surface area contributed by atoms with Crippen LogP contribution >= 0.6 is 15.9 Å². The van der Waals surface area contributed by atoms with Gasteiger partial charge in [0.2, 0.25) is 0 Å². The summed E-state index contributed by atoms with van der Waals surface area (Å²) in [6.45, 7) is 0.838. The smallest absolute Gasteiger partial charge is 0.113 e. The van der Waals surface area contributed by atoms with Crippen molar-refractivity contribution in [3.8, 4) is 0 Å². The molecule has 2 aromatic carbocycles. The van der Waals surface area contributed by atoms with Gasteiger partial charge in [0.25, 0.3) is 0 Å². The summed E-state index contributed by atoms with van der Waals surface area (Å²) in [7, 11) is 4.11. The average molecular weight is 370 g/mol. The van der Waals surface area contributed by atoms with Gasteiger partial charge in [-0.25, -0.2) is 4.98 Å². The number of nitrogens with zero attached hydrogens (tertiary/aromatic N) is 3. The van der Waals surface area contributed by atoms with Gasteiger partial charge in [-0.1, -0.05) is 40.2 Å². The minimum absolute atomic E-state index is 0.838. The molecule has 0 saturated heterocycles. The lowest BCUT2D eigenvalue weighted by atomic mass is 10.1. The van der Waals surface area contributed by atoms with Crippen LogP contribution in [0.25, 0.3) is 0 Å². The number of anilines is 1. The summed E-state index contributed by atoms with van der Waals surface area (Å²) >= 11 is 3.53. The zero-order valence-electron chi connectivity index (χ0n) is 13.4. The summed E-state index contributed by atoms with van der Waals surface area (Å²) in [6.07, 6.45) is 4.76. The molecule has 1 aromatic heterocycles. The second-order valence-corrected chi connectivity index (χ2v) is 6.75. The highest BCUT2D eigenvalue weighted by Crippen LogP contribution is 2.17. The standard InChI is InChI=1S/C19H20BrN3/c1-22(2)18-8-6-15(7-9-18)13-19-21-10-11-23(19)14-16-4-3-5-17(20)12-16/h3-12H,13-14H2,1-2H3. The minimum Gasteiger partial charge on any atom is -0.378 e. The fourth-order valence-electron chi connectivity index (χ4n) is 2.58. The lowest BCUT2D eigenvalue weighted by molar-refractivity contribution is 0.740. The van der Waals surface area contributed by atoms with Crippen molar-refractivity contribution in [2.45, 2.75) is 13.0 Å².